The van der Waals surface area contributed by atoms with E-state index in [1.165, 1.54) is 18.9 Å². The predicted molar refractivity (Wildman–Crippen MR) is 75.7 cm³/mol. The molecule has 0 spiro atoms. The maximum atomic E-state index is 11.0. The highest BCUT2D eigenvalue weighted by atomic mass is 32.2. The summed E-state index contributed by atoms with van der Waals surface area (Å²) in [7, 11) is 5.12. The van der Waals surface area contributed by atoms with E-state index in [2.05, 4.69) is 25.0 Å². The van der Waals surface area contributed by atoms with Crippen LogP contribution in [-0.4, -0.2) is 54.4 Å². The molecular formula is C11H19N5O2S. The zero-order chi connectivity index (χ0) is 14.3. The Morgan fingerprint density at radius 2 is 2.11 bits per heavy atom. The molecule has 0 amide bonds. The molecule has 7 nitrogen and oxygen atoms in total. The minimum atomic E-state index is -0.235. The van der Waals surface area contributed by atoms with Crippen LogP contribution in [0, 0.1) is 0 Å². The molecule has 1 aromatic heterocycles. The van der Waals surface area contributed by atoms with Crippen LogP contribution in [0.4, 0.5) is 11.9 Å². The SMILES string of the molecule is CCNc1nc(SCCC(=O)OC)nc(N(C)C)n1. The molecule has 0 radical (unpaired) electrons. The maximum Gasteiger partial charge on any atom is 0.306 e. The molecule has 1 aromatic rings. The highest BCUT2D eigenvalue weighted by Gasteiger charge is 2.09. The molecule has 8 heteroatoms. The van der Waals surface area contributed by atoms with E-state index in [9.17, 15) is 4.79 Å². The van der Waals surface area contributed by atoms with Crippen LogP contribution in [0.3, 0.4) is 0 Å². The Bertz CT molecular complexity index is 428. The third kappa shape index (κ3) is 5.29. The van der Waals surface area contributed by atoms with Crippen molar-refractivity contribution in [1.29, 1.82) is 0 Å². The van der Waals surface area contributed by atoms with Gasteiger partial charge in [-0.05, 0) is 6.92 Å². The van der Waals surface area contributed by atoms with Crippen LogP contribution in [-0.2, 0) is 9.53 Å². The van der Waals surface area contributed by atoms with E-state index in [1.807, 2.05) is 25.9 Å². The number of methoxy groups -OCH3 is 1. The number of hydrogen-bond donors (Lipinski definition) is 1. The fraction of sp³-hybridized carbons (Fsp3) is 0.636. The Morgan fingerprint density at radius 3 is 2.68 bits per heavy atom. The molecule has 1 rings (SSSR count). The summed E-state index contributed by atoms with van der Waals surface area (Å²) in [6.07, 6.45) is 0.334. The summed E-state index contributed by atoms with van der Waals surface area (Å²) in [6, 6.07) is 0. The standard InChI is InChI=1S/C11H19N5O2S/c1-5-12-9-13-10(16(2)3)15-11(14-9)19-7-6-8(17)18-4/h5-7H2,1-4H3,(H,12,13,14,15). The molecule has 0 aromatic carbocycles. The zero-order valence-electron chi connectivity index (χ0n) is 11.6. The lowest BCUT2D eigenvalue weighted by atomic mass is 10.5. The summed E-state index contributed by atoms with van der Waals surface area (Å²) in [4.78, 5) is 25.7. The largest absolute Gasteiger partial charge is 0.469 e. The normalized spacial score (nSPS) is 10.1. The summed E-state index contributed by atoms with van der Waals surface area (Å²) in [5, 5.41) is 3.66. The molecule has 0 aliphatic heterocycles. The van der Waals surface area contributed by atoms with E-state index in [0.717, 1.165) is 6.54 Å². The Morgan fingerprint density at radius 1 is 1.37 bits per heavy atom. The van der Waals surface area contributed by atoms with Crippen molar-refractivity contribution in [2.45, 2.75) is 18.5 Å². The van der Waals surface area contributed by atoms with Gasteiger partial charge < -0.3 is 15.0 Å². The third-order valence-corrected chi connectivity index (χ3v) is 2.95. The number of ether oxygens (including phenoxy) is 1. The first kappa shape index (κ1) is 15.5. The number of nitrogens with zero attached hydrogens (tertiary/aromatic N) is 4. The molecule has 0 atom stereocenters. The van der Waals surface area contributed by atoms with Gasteiger partial charge >= 0.3 is 5.97 Å². The number of aromatic nitrogens is 3. The van der Waals surface area contributed by atoms with Crippen LogP contribution in [0.25, 0.3) is 0 Å². The smallest absolute Gasteiger partial charge is 0.306 e. The second-order valence-corrected chi connectivity index (χ2v) is 4.90. The van der Waals surface area contributed by atoms with Crippen LogP contribution in [0.2, 0.25) is 0 Å². The predicted octanol–water partition coefficient (Wildman–Crippen LogP) is 1.02. The van der Waals surface area contributed by atoms with Crippen LogP contribution >= 0.6 is 11.8 Å². The van der Waals surface area contributed by atoms with E-state index in [1.54, 1.807) is 0 Å². The summed E-state index contributed by atoms with van der Waals surface area (Å²) in [5.74, 6) is 1.48. The van der Waals surface area contributed by atoms with Crippen LogP contribution in [0.1, 0.15) is 13.3 Å². The lowest BCUT2D eigenvalue weighted by Gasteiger charge is -2.12. The number of anilines is 2. The van der Waals surface area contributed by atoms with E-state index in [0.29, 0.717) is 29.2 Å². The fourth-order valence-corrected chi connectivity index (χ4v) is 1.92. The molecule has 1 heterocycles. The van der Waals surface area contributed by atoms with Gasteiger partial charge in [0.1, 0.15) is 0 Å². The van der Waals surface area contributed by atoms with Crippen LogP contribution in [0.5, 0.6) is 0 Å². The molecule has 19 heavy (non-hydrogen) atoms. The second-order valence-electron chi connectivity index (χ2n) is 3.84. The van der Waals surface area contributed by atoms with Gasteiger partial charge in [-0.15, -0.1) is 0 Å². The Kier molecular flexibility index (Phi) is 6.34. The first-order valence-corrected chi connectivity index (χ1v) is 6.92. The fourth-order valence-electron chi connectivity index (χ4n) is 1.18. The van der Waals surface area contributed by atoms with Gasteiger partial charge in [-0.2, -0.15) is 15.0 Å². The zero-order valence-corrected chi connectivity index (χ0v) is 12.5. The number of thioether (sulfide) groups is 1. The molecular weight excluding hydrogens is 266 g/mol. The summed E-state index contributed by atoms with van der Waals surface area (Å²) < 4.78 is 4.59. The van der Waals surface area contributed by atoms with Gasteiger partial charge in [-0.1, -0.05) is 11.8 Å². The minimum absolute atomic E-state index is 0.235. The van der Waals surface area contributed by atoms with E-state index in [-0.39, 0.29) is 5.97 Å². The van der Waals surface area contributed by atoms with E-state index < -0.39 is 0 Å². The minimum Gasteiger partial charge on any atom is -0.469 e. The first-order chi connectivity index (χ1) is 9.06. The van der Waals surface area contributed by atoms with Crippen molar-refractivity contribution in [2.75, 3.05) is 43.7 Å². The summed E-state index contributed by atoms with van der Waals surface area (Å²) in [5.41, 5.74) is 0. The molecule has 0 saturated heterocycles. The quantitative estimate of drug-likeness (QED) is 0.587. The second kappa shape index (κ2) is 7.78. The van der Waals surface area contributed by atoms with Crippen LogP contribution in [0.15, 0.2) is 5.16 Å². The van der Waals surface area contributed by atoms with Crippen molar-refractivity contribution in [3.63, 3.8) is 0 Å². The van der Waals surface area contributed by atoms with Crippen molar-refractivity contribution in [2.24, 2.45) is 0 Å². The van der Waals surface area contributed by atoms with E-state index in [4.69, 9.17) is 0 Å². The van der Waals surface area contributed by atoms with Crippen LogP contribution < -0.4 is 10.2 Å². The van der Waals surface area contributed by atoms with Gasteiger partial charge in [0.2, 0.25) is 11.9 Å². The highest BCUT2D eigenvalue weighted by Crippen LogP contribution is 2.18. The van der Waals surface area contributed by atoms with Gasteiger partial charge in [-0.3, -0.25) is 4.79 Å². The molecule has 0 unspecified atom stereocenters. The molecule has 0 bridgehead atoms. The summed E-state index contributed by atoms with van der Waals surface area (Å²) in [6.45, 7) is 2.71. The Labute approximate surface area is 117 Å². The average molecular weight is 285 g/mol. The summed E-state index contributed by atoms with van der Waals surface area (Å²) >= 11 is 1.41. The number of carbonyl (C=O) groups excluding carboxylic acids is 1. The average Bonchev–Trinajstić information content (AvgIpc) is 2.38. The van der Waals surface area contributed by atoms with E-state index >= 15 is 0 Å². The van der Waals surface area contributed by atoms with Crippen molar-refractivity contribution in [1.82, 2.24) is 15.0 Å². The van der Waals surface area contributed by atoms with Crippen molar-refractivity contribution in [3.05, 3.63) is 0 Å². The monoisotopic (exact) mass is 285 g/mol. The lowest BCUT2D eigenvalue weighted by molar-refractivity contribution is -0.140. The molecule has 0 aliphatic rings. The van der Waals surface area contributed by atoms with Gasteiger partial charge in [-0.25, -0.2) is 0 Å². The molecule has 1 N–H and O–H groups in total. The highest BCUT2D eigenvalue weighted by molar-refractivity contribution is 7.99. The topological polar surface area (TPSA) is 80.2 Å². The molecule has 0 aliphatic carbocycles. The lowest BCUT2D eigenvalue weighted by Crippen LogP contribution is -2.15. The Hall–Kier alpha value is -1.57. The van der Waals surface area contributed by atoms with Gasteiger partial charge in [0.25, 0.3) is 0 Å². The molecule has 106 valence electrons. The first-order valence-electron chi connectivity index (χ1n) is 5.93. The Balaban J connectivity index is 2.72. The number of nitrogens with one attached hydrogen (secondary N) is 1. The van der Waals surface area contributed by atoms with Gasteiger partial charge in [0.15, 0.2) is 5.16 Å². The van der Waals surface area contributed by atoms with Gasteiger partial charge in [0, 0.05) is 26.4 Å². The van der Waals surface area contributed by atoms with Gasteiger partial charge in [0.05, 0.1) is 13.5 Å². The van der Waals surface area contributed by atoms with Crippen molar-refractivity contribution in [3.8, 4) is 0 Å². The molecule has 0 saturated carbocycles. The maximum absolute atomic E-state index is 11.0. The number of esters is 1. The number of carbonyl (C=O) groups is 1. The van der Waals surface area contributed by atoms with Crippen molar-refractivity contribution >= 4 is 29.6 Å². The number of rotatable bonds is 7. The third-order valence-electron chi connectivity index (χ3n) is 2.10. The molecule has 0 fully saturated rings. The number of hydrogen-bond acceptors (Lipinski definition) is 8. The van der Waals surface area contributed by atoms with Crippen molar-refractivity contribution < 1.29 is 9.53 Å².